The summed E-state index contributed by atoms with van der Waals surface area (Å²) < 4.78 is 0. The average Bonchev–Trinajstić information content (AvgIpc) is 2.69. The highest BCUT2D eigenvalue weighted by molar-refractivity contribution is 5.14. The van der Waals surface area contributed by atoms with Crippen LogP contribution >= 0.6 is 0 Å². The normalized spacial score (nSPS) is 37.2. The van der Waals surface area contributed by atoms with Gasteiger partial charge in [-0.05, 0) is 44.4 Å². The second kappa shape index (κ2) is 4.61. The van der Waals surface area contributed by atoms with Crippen molar-refractivity contribution in [2.24, 2.45) is 17.3 Å². The van der Waals surface area contributed by atoms with Crippen molar-refractivity contribution in [1.29, 1.82) is 5.26 Å². The maximum Gasteiger partial charge on any atom is 0.0860 e. The monoisotopic (exact) mass is 235 g/mol. The number of rotatable bonds is 4. The third-order valence-corrected chi connectivity index (χ3v) is 5.35. The van der Waals surface area contributed by atoms with E-state index in [1.54, 1.807) is 0 Å². The molecule has 0 spiro atoms. The highest BCUT2D eigenvalue weighted by Gasteiger charge is 2.52. The number of hydrogen-bond acceptors (Lipinski definition) is 2. The van der Waals surface area contributed by atoms with E-state index < -0.39 is 11.0 Å². The molecule has 2 heteroatoms. The summed E-state index contributed by atoms with van der Waals surface area (Å²) in [6.07, 6.45) is 8.67. The summed E-state index contributed by atoms with van der Waals surface area (Å²) in [5, 5.41) is 20.4. The molecule has 2 saturated carbocycles. The van der Waals surface area contributed by atoms with E-state index in [1.807, 2.05) is 6.92 Å². The van der Waals surface area contributed by atoms with E-state index in [9.17, 15) is 10.4 Å². The lowest BCUT2D eigenvalue weighted by molar-refractivity contribution is -0.0645. The van der Waals surface area contributed by atoms with E-state index in [4.69, 9.17) is 0 Å². The Kier molecular flexibility index (Phi) is 3.50. The van der Waals surface area contributed by atoms with Gasteiger partial charge in [-0.15, -0.1) is 0 Å². The number of hydrogen-bond donors (Lipinski definition) is 1. The summed E-state index contributed by atoms with van der Waals surface area (Å²) in [5.41, 5.74) is -1.25. The van der Waals surface area contributed by atoms with Crippen LogP contribution in [0.5, 0.6) is 0 Å². The number of nitriles is 1. The van der Waals surface area contributed by atoms with Crippen LogP contribution in [0.15, 0.2) is 0 Å². The molecule has 0 amide bonds. The lowest BCUT2D eigenvalue weighted by Crippen LogP contribution is -2.45. The van der Waals surface area contributed by atoms with Gasteiger partial charge in [0.2, 0.25) is 0 Å². The predicted octanol–water partition coefficient (Wildman–Crippen LogP) is 3.65. The van der Waals surface area contributed by atoms with Crippen LogP contribution in [0.25, 0.3) is 0 Å². The average molecular weight is 235 g/mol. The summed E-state index contributed by atoms with van der Waals surface area (Å²) in [6.45, 7) is 4.10. The van der Waals surface area contributed by atoms with Gasteiger partial charge in [0, 0.05) is 0 Å². The molecule has 2 rings (SSSR count). The highest BCUT2D eigenvalue weighted by Crippen LogP contribution is 2.52. The van der Waals surface area contributed by atoms with Gasteiger partial charge in [0.1, 0.15) is 0 Å². The van der Waals surface area contributed by atoms with Crippen LogP contribution in [0, 0.1) is 28.6 Å². The smallest absolute Gasteiger partial charge is 0.0860 e. The maximum absolute atomic E-state index is 10.8. The van der Waals surface area contributed by atoms with Gasteiger partial charge in [-0.3, -0.25) is 0 Å². The van der Waals surface area contributed by atoms with E-state index in [-0.39, 0.29) is 0 Å². The van der Waals surface area contributed by atoms with Gasteiger partial charge in [0.25, 0.3) is 0 Å². The van der Waals surface area contributed by atoms with Crippen molar-refractivity contribution in [3.8, 4) is 6.07 Å². The zero-order chi connectivity index (χ0) is 12.5. The molecule has 96 valence electrons. The molecule has 0 aromatic rings. The van der Waals surface area contributed by atoms with Crippen LogP contribution in [-0.4, -0.2) is 10.7 Å². The Morgan fingerprint density at radius 2 is 2.06 bits per heavy atom. The molecule has 1 N–H and O–H groups in total. The Morgan fingerprint density at radius 1 is 1.35 bits per heavy atom. The van der Waals surface area contributed by atoms with Crippen LogP contribution in [0.3, 0.4) is 0 Å². The Bertz CT molecular complexity index is 313. The third kappa shape index (κ3) is 2.22. The molecule has 2 aliphatic carbocycles. The molecule has 2 aliphatic rings. The maximum atomic E-state index is 10.8. The van der Waals surface area contributed by atoms with Crippen molar-refractivity contribution in [3.63, 3.8) is 0 Å². The lowest BCUT2D eigenvalue weighted by atomic mass is 9.65. The molecule has 17 heavy (non-hydrogen) atoms. The topological polar surface area (TPSA) is 44.0 Å². The highest BCUT2D eigenvalue weighted by atomic mass is 16.3. The predicted molar refractivity (Wildman–Crippen MR) is 68.3 cm³/mol. The zero-order valence-electron chi connectivity index (χ0n) is 11.2. The molecule has 0 aromatic heterocycles. The molecule has 0 bridgehead atoms. The SMILES string of the molecule is CCC1CCC(C#N)(C(C)(O)CC2CCC2)C1. The Balaban J connectivity index is 2.08. The van der Waals surface area contributed by atoms with Gasteiger partial charge in [0.05, 0.1) is 17.1 Å². The second-order valence-electron chi connectivity index (χ2n) is 6.49. The molecule has 0 heterocycles. The van der Waals surface area contributed by atoms with E-state index in [0.29, 0.717) is 11.8 Å². The fraction of sp³-hybridized carbons (Fsp3) is 0.933. The first-order valence-corrected chi connectivity index (χ1v) is 7.16. The minimum Gasteiger partial charge on any atom is -0.389 e. The lowest BCUT2D eigenvalue weighted by Gasteiger charge is -2.42. The van der Waals surface area contributed by atoms with Crippen LogP contribution < -0.4 is 0 Å². The van der Waals surface area contributed by atoms with Crippen LogP contribution in [-0.2, 0) is 0 Å². The summed E-state index contributed by atoms with van der Waals surface area (Å²) in [4.78, 5) is 0. The Hall–Kier alpha value is -0.550. The zero-order valence-corrected chi connectivity index (χ0v) is 11.2. The summed E-state index contributed by atoms with van der Waals surface area (Å²) >= 11 is 0. The van der Waals surface area contributed by atoms with Crippen LogP contribution in [0.1, 0.15) is 65.2 Å². The first-order chi connectivity index (χ1) is 8.03. The van der Waals surface area contributed by atoms with Crippen molar-refractivity contribution >= 4 is 0 Å². The fourth-order valence-electron chi connectivity index (χ4n) is 3.66. The fourth-order valence-corrected chi connectivity index (χ4v) is 3.66. The van der Waals surface area contributed by atoms with Crippen molar-refractivity contribution in [2.45, 2.75) is 70.8 Å². The van der Waals surface area contributed by atoms with Gasteiger partial charge in [-0.1, -0.05) is 32.6 Å². The quantitative estimate of drug-likeness (QED) is 0.808. The molecule has 0 saturated heterocycles. The second-order valence-corrected chi connectivity index (χ2v) is 6.49. The molecule has 0 aliphatic heterocycles. The van der Waals surface area contributed by atoms with Crippen LogP contribution in [0.4, 0.5) is 0 Å². The minimum atomic E-state index is -0.781. The van der Waals surface area contributed by atoms with E-state index >= 15 is 0 Å². The van der Waals surface area contributed by atoms with Gasteiger partial charge in [-0.2, -0.15) is 5.26 Å². The van der Waals surface area contributed by atoms with Crippen molar-refractivity contribution in [2.75, 3.05) is 0 Å². The summed E-state index contributed by atoms with van der Waals surface area (Å²) in [5.74, 6) is 1.30. The number of aliphatic hydroxyl groups is 1. The Morgan fingerprint density at radius 3 is 2.47 bits per heavy atom. The molecule has 3 atom stereocenters. The first-order valence-electron chi connectivity index (χ1n) is 7.16. The number of nitrogens with zero attached hydrogens (tertiary/aromatic N) is 1. The van der Waals surface area contributed by atoms with Crippen LogP contribution in [0.2, 0.25) is 0 Å². The third-order valence-electron chi connectivity index (χ3n) is 5.35. The Labute approximate surface area is 105 Å². The van der Waals surface area contributed by atoms with E-state index in [2.05, 4.69) is 13.0 Å². The van der Waals surface area contributed by atoms with E-state index in [1.165, 1.54) is 19.3 Å². The molecule has 2 fully saturated rings. The molecule has 3 unspecified atom stereocenters. The minimum absolute atomic E-state index is 0.469. The molecule has 2 nitrogen and oxygen atoms in total. The summed E-state index contributed by atoms with van der Waals surface area (Å²) in [6, 6.07) is 2.49. The standard InChI is InChI=1S/C15H25NO/c1-3-12-7-8-15(10-12,11-16)14(2,17)9-13-5-4-6-13/h12-13,17H,3-10H2,1-2H3. The first kappa shape index (κ1) is 12.9. The largest absolute Gasteiger partial charge is 0.389 e. The molecular weight excluding hydrogens is 210 g/mol. The van der Waals surface area contributed by atoms with E-state index in [0.717, 1.165) is 32.1 Å². The van der Waals surface area contributed by atoms with Gasteiger partial charge < -0.3 is 5.11 Å². The van der Waals surface area contributed by atoms with Crippen molar-refractivity contribution < 1.29 is 5.11 Å². The molecule has 0 radical (unpaired) electrons. The van der Waals surface area contributed by atoms with Gasteiger partial charge >= 0.3 is 0 Å². The summed E-state index contributed by atoms with van der Waals surface area (Å²) in [7, 11) is 0. The van der Waals surface area contributed by atoms with Gasteiger partial charge in [0.15, 0.2) is 0 Å². The van der Waals surface area contributed by atoms with Crippen molar-refractivity contribution in [1.82, 2.24) is 0 Å². The molecular formula is C15H25NO. The van der Waals surface area contributed by atoms with Gasteiger partial charge in [-0.25, -0.2) is 0 Å². The molecule has 0 aromatic carbocycles. The van der Waals surface area contributed by atoms with Crippen molar-refractivity contribution in [3.05, 3.63) is 0 Å².